The van der Waals surface area contributed by atoms with Crippen molar-refractivity contribution in [3.05, 3.63) is 54.4 Å². The second-order valence-corrected chi connectivity index (χ2v) is 4.22. The highest BCUT2D eigenvalue weighted by Gasteiger charge is 2.02. The molecule has 0 N–H and O–H groups in total. The molecule has 1 aromatic carbocycles. The summed E-state index contributed by atoms with van der Waals surface area (Å²) in [5.74, 6) is 1.28. The summed E-state index contributed by atoms with van der Waals surface area (Å²) in [5, 5.41) is 8.41. The second kappa shape index (κ2) is 6.06. The Hall–Kier alpha value is -1.81. The van der Waals surface area contributed by atoms with Crippen molar-refractivity contribution in [3.63, 3.8) is 0 Å². The van der Waals surface area contributed by atoms with E-state index in [0.29, 0.717) is 11.1 Å². The zero-order valence-corrected chi connectivity index (χ0v) is 10.1. The standard InChI is InChI=1S/C13H12N2OS/c1-2-10-17-13-15-14-12(16-13)9-8-11-6-4-3-5-7-11/h2-9H,1,10H2. The molecule has 0 bridgehead atoms. The van der Waals surface area contributed by atoms with Gasteiger partial charge in [-0.05, 0) is 11.6 Å². The average molecular weight is 244 g/mol. The van der Waals surface area contributed by atoms with Crippen LogP contribution in [-0.4, -0.2) is 16.0 Å². The van der Waals surface area contributed by atoms with Crippen molar-refractivity contribution in [3.8, 4) is 0 Å². The number of aromatic nitrogens is 2. The van der Waals surface area contributed by atoms with E-state index in [0.717, 1.165) is 11.3 Å². The number of nitrogens with zero attached hydrogens (tertiary/aromatic N) is 2. The van der Waals surface area contributed by atoms with Crippen LogP contribution in [0.3, 0.4) is 0 Å². The van der Waals surface area contributed by atoms with Crippen molar-refractivity contribution in [2.45, 2.75) is 5.22 Å². The number of hydrogen-bond acceptors (Lipinski definition) is 4. The molecule has 0 radical (unpaired) electrons. The van der Waals surface area contributed by atoms with Gasteiger partial charge in [0.2, 0.25) is 5.89 Å². The average Bonchev–Trinajstić information content (AvgIpc) is 2.83. The topological polar surface area (TPSA) is 38.9 Å². The van der Waals surface area contributed by atoms with Gasteiger partial charge in [-0.15, -0.1) is 16.8 Å². The van der Waals surface area contributed by atoms with E-state index < -0.39 is 0 Å². The third-order valence-electron chi connectivity index (χ3n) is 1.96. The van der Waals surface area contributed by atoms with Gasteiger partial charge >= 0.3 is 0 Å². The van der Waals surface area contributed by atoms with Crippen molar-refractivity contribution in [2.24, 2.45) is 0 Å². The molecule has 86 valence electrons. The maximum atomic E-state index is 5.41. The van der Waals surface area contributed by atoms with Crippen LogP contribution in [0.2, 0.25) is 0 Å². The molecule has 1 heterocycles. The highest BCUT2D eigenvalue weighted by molar-refractivity contribution is 7.99. The molecule has 3 nitrogen and oxygen atoms in total. The lowest BCUT2D eigenvalue weighted by molar-refractivity contribution is 0.446. The molecule has 0 spiro atoms. The molecule has 0 aliphatic rings. The molecule has 2 rings (SSSR count). The maximum Gasteiger partial charge on any atom is 0.277 e. The second-order valence-electron chi connectivity index (χ2n) is 3.25. The molecule has 0 atom stereocenters. The van der Waals surface area contributed by atoms with Crippen LogP contribution < -0.4 is 0 Å². The van der Waals surface area contributed by atoms with Crippen LogP contribution in [0.1, 0.15) is 11.5 Å². The first kappa shape index (κ1) is 11.7. The lowest BCUT2D eigenvalue weighted by Gasteiger charge is -1.89. The van der Waals surface area contributed by atoms with Gasteiger partial charge in [0.05, 0.1) is 0 Å². The van der Waals surface area contributed by atoms with Gasteiger partial charge in [0, 0.05) is 11.8 Å². The summed E-state index contributed by atoms with van der Waals surface area (Å²) >= 11 is 1.47. The Morgan fingerprint density at radius 1 is 1.18 bits per heavy atom. The summed E-state index contributed by atoms with van der Waals surface area (Å²) in [7, 11) is 0. The first-order valence-electron chi connectivity index (χ1n) is 5.19. The van der Waals surface area contributed by atoms with E-state index in [9.17, 15) is 0 Å². The number of rotatable bonds is 5. The molecular formula is C13H12N2OS. The van der Waals surface area contributed by atoms with E-state index in [1.165, 1.54) is 11.8 Å². The number of thioether (sulfide) groups is 1. The minimum atomic E-state index is 0.514. The van der Waals surface area contributed by atoms with E-state index in [1.54, 1.807) is 12.2 Å². The van der Waals surface area contributed by atoms with Gasteiger partial charge in [-0.25, -0.2) is 0 Å². The Kier molecular flexibility index (Phi) is 4.16. The fraction of sp³-hybridized carbons (Fsp3) is 0.0769. The Labute approximate surface area is 104 Å². The van der Waals surface area contributed by atoms with Crippen molar-refractivity contribution >= 4 is 23.9 Å². The number of benzene rings is 1. The molecule has 0 amide bonds. The first-order valence-corrected chi connectivity index (χ1v) is 6.17. The minimum absolute atomic E-state index is 0.514. The molecule has 0 fully saturated rings. The monoisotopic (exact) mass is 244 g/mol. The summed E-state index contributed by atoms with van der Waals surface area (Å²) in [6.07, 6.45) is 5.55. The smallest absolute Gasteiger partial charge is 0.277 e. The molecule has 4 heteroatoms. The summed E-state index contributed by atoms with van der Waals surface area (Å²) in [5.41, 5.74) is 1.10. The van der Waals surface area contributed by atoms with Crippen LogP contribution >= 0.6 is 11.8 Å². The van der Waals surface area contributed by atoms with Gasteiger partial charge in [0.25, 0.3) is 5.22 Å². The van der Waals surface area contributed by atoms with Crippen LogP contribution in [0.4, 0.5) is 0 Å². The molecule has 1 aromatic heterocycles. The zero-order valence-electron chi connectivity index (χ0n) is 9.24. The zero-order chi connectivity index (χ0) is 11.9. The predicted molar refractivity (Wildman–Crippen MR) is 70.6 cm³/mol. The minimum Gasteiger partial charge on any atom is -0.412 e. The van der Waals surface area contributed by atoms with Crippen LogP contribution in [0.5, 0.6) is 0 Å². The van der Waals surface area contributed by atoms with Gasteiger partial charge in [-0.2, -0.15) is 0 Å². The van der Waals surface area contributed by atoms with Gasteiger partial charge in [0.15, 0.2) is 0 Å². The van der Waals surface area contributed by atoms with Gasteiger partial charge in [0.1, 0.15) is 0 Å². The quantitative estimate of drug-likeness (QED) is 0.596. The SMILES string of the molecule is C=CCSc1nnc(C=Cc2ccccc2)o1. The first-order chi connectivity index (χ1) is 8.38. The molecule has 0 unspecified atom stereocenters. The van der Waals surface area contributed by atoms with Crippen LogP contribution in [0.15, 0.2) is 52.6 Å². The van der Waals surface area contributed by atoms with Crippen molar-refractivity contribution in [1.82, 2.24) is 10.2 Å². The third kappa shape index (κ3) is 3.60. The molecule has 17 heavy (non-hydrogen) atoms. The fourth-order valence-electron chi connectivity index (χ4n) is 1.21. The Bertz CT molecular complexity index is 505. The van der Waals surface area contributed by atoms with Crippen molar-refractivity contribution in [1.29, 1.82) is 0 Å². The van der Waals surface area contributed by atoms with Gasteiger partial charge < -0.3 is 4.42 Å². The lowest BCUT2D eigenvalue weighted by Crippen LogP contribution is -1.73. The summed E-state index contributed by atoms with van der Waals surface area (Å²) in [6, 6.07) is 9.98. The van der Waals surface area contributed by atoms with E-state index in [1.807, 2.05) is 36.4 Å². The lowest BCUT2D eigenvalue weighted by atomic mass is 10.2. The van der Waals surface area contributed by atoms with E-state index in [4.69, 9.17) is 4.42 Å². The normalized spacial score (nSPS) is 10.8. The fourth-order valence-corrected chi connectivity index (χ4v) is 1.71. The Balaban J connectivity index is 2.01. The molecule has 0 saturated carbocycles. The van der Waals surface area contributed by atoms with Gasteiger partial charge in [-0.1, -0.05) is 48.2 Å². The maximum absolute atomic E-state index is 5.41. The molecule has 0 aliphatic heterocycles. The van der Waals surface area contributed by atoms with Crippen molar-refractivity contribution < 1.29 is 4.42 Å². The largest absolute Gasteiger partial charge is 0.412 e. The number of hydrogen-bond donors (Lipinski definition) is 0. The van der Waals surface area contributed by atoms with Crippen LogP contribution in [-0.2, 0) is 0 Å². The molecule has 0 saturated heterocycles. The highest BCUT2D eigenvalue weighted by Crippen LogP contribution is 2.16. The van der Waals surface area contributed by atoms with Gasteiger partial charge in [-0.3, -0.25) is 0 Å². The van der Waals surface area contributed by atoms with E-state index >= 15 is 0 Å². The van der Waals surface area contributed by atoms with Crippen LogP contribution in [0, 0.1) is 0 Å². The summed E-state index contributed by atoms with van der Waals surface area (Å²) in [6.45, 7) is 3.63. The predicted octanol–water partition coefficient (Wildman–Crippen LogP) is 3.52. The highest BCUT2D eigenvalue weighted by atomic mass is 32.2. The molecule has 0 aliphatic carbocycles. The van der Waals surface area contributed by atoms with Crippen LogP contribution in [0.25, 0.3) is 12.2 Å². The summed E-state index contributed by atoms with van der Waals surface area (Å²) < 4.78 is 5.41. The van der Waals surface area contributed by atoms with Crippen molar-refractivity contribution in [2.75, 3.05) is 5.75 Å². The summed E-state index contributed by atoms with van der Waals surface area (Å²) in [4.78, 5) is 0. The van der Waals surface area contributed by atoms with E-state index in [2.05, 4.69) is 16.8 Å². The third-order valence-corrected chi connectivity index (χ3v) is 2.78. The Morgan fingerprint density at radius 2 is 2.00 bits per heavy atom. The molecule has 2 aromatic rings. The molecular weight excluding hydrogens is 232 g/mol. The Morgan fingerprint density at radius 3 is 2.76 bits per heavy atom. The van der Waals surface area contributed by atoms with E-state index in [-0.39, 0.29) is 0 Å².